The number of hydrogen-bond acceptors (Lipinski definition) is 4. The van der Waals surface area contributed by atoms with Crippen LogP contribution in [0.1, 0.15) is 18.7 Å². The van der Waals surface area contributed by atoms with Crippen molar-refractivity contribution < 1.29 is 4.52 Å². The Hall–Kier alpha value is -0.900. The first kappa shape index (κ1) is 4.93. The average Bonchev–Trinajstić information content (AvgIpc) is 2.46. The first-order valence-electron chi connectivity index (χ1n) is 2.87. The first-order chi connectivity index (χ1) is 4.31. The molecule has 0 atom stereocenters. The Morgan fingerprint density at radius 3 is 2.89 bits per heavy atom. The normalized spacial score (nSPS) is 21.9. The Labute approximate surface area is 52.0 Å². The summed E-state index contributed by atoms with van der Waals surface area (Å²) < 4.78 is 4.77. The lowest BCUT2D eigenvalue weighted by Crippen LogP contribution is -2.18. The largest absolute Gasteiger partial charge is 0.338 e. The summed E-state index contributed by atoms with van der Waals surface area (Å²) in [6.07, 6.45) is 3.31. The van der Waals surface area contributed by atoms with Gasteiger partial charge in [0.05, 0.1) is 5.54 Å². The van der Waals surface area contributed by atoms with Gasteiger partial charge >= 0.3 is 0 Å². The molecule has 2 N–H and O–H groups in total. The zero-order chi connectivity index (χ0) is 6.32. The third kappa shape index (κ3) is 0.632. The summed E-state index contributed by atoms with van der Waals surface area (Å²) in [6.45, 7) is 0. The summed E-state index contributed by atoms with van der Waals surface area (Å²) in [6, 6.07) is 0. The van der Waals surface area contributed by atoms with Crippen LogP contribution in [-0.2, 0) is 5.54 Å². The van der Waals surface area contributed by atoms with Crippen LogP contribution in [0, 0.1) is 0 Å². The van der Waals surface area contributed by atoms with E-state index < -0.39 is 0 Å². The molecule has 1 fully saturated rings. The van der Waals surface area contributed by atoms with Crippen LogP contribution in [0.2, 0.25) is 0 Å². The van der Waals surface area contributed by atoms with E-state index in [1.807, 2.05) is 0 Å². The maximum atomic E-state index is 5.72. The van der Waals surface area contributed by atoms with E-state index in [9.17, 15) is 0 Å². The molecule has 48 valence electrons. The molecule has 4 heteroatoms. The highest BCUT2D eigenvalue weighted by Gasteiger charge is 2.45. The number of hydrogen-bond donors (Lipinski definition) is 1. The topological polar surface area (TPSA) is 64.9 Å². The van der Waals surface area contributed by atoms with Gasteiger partial charge in [-0.1, -0.05) is 5.16 Å². The molecule has 0 spiro atoms. The van der Waals surface area contributed by atoms with Gasteiger partial charge in [0, 0.05) is 0 Å². The zero-order valence-corrected chi connectivity index (χ0v) is 4.87. The Morgan fingerprint density at radius 2 is 2.44 bits per heavy atom. The van der Waals surface area contributed by atoms with Crippen molar-refractivity contribution in [3.8, 4) is 0 Å². The van der Waals surface area contributed by atoms with Crippen LogP contribution >= 0.6 is 0 Å². The van der Waals surface area contributed by atoms with Gasteiger partial charge in [0.2, 0.25) is 5.89 Å². The molecule has 1 saturated carbocycles. The van der Waals surface area contributed by atoms with Crippen LogP contribution in [-0.4, -0.2) is 10.1 Å². The van der Waals surface area contributed by atoms with Gasteiger partial charge in [-0.05, 0) is 12.8 Å². The fourth-order valence-corrected chi connectivity index (χ4v) is 0.741. The number of nitrogens with zero attached hydrogens (tertiary/aromatic N) is 2. The van der Waals surface area contributed by atoms with Gasteiger partial charge in [-0.2, -0.15) is 4.98 Å². The van der Waals surface area contributed by atoms with Gasteiger partial charge in [-0.25, -0.2) is 0 Å². The summed E-state index contributed by atoms with van der Waals surface area (Å²) in [7, 11) is 0. The van der Waals surface area contributed by atoms with Crippen LogP contribution in [0.15, 0.2) is 10.9 Å². The van der Waals surface area contributed by atoms with Crippen LogP contribution in [0.3, 0.4) is 0 Å². The van der Waals surface area contributed by atoms with E-state index in [0.717, 1.165) is 12.8 Å². The standard InChI is InChI=1S/C5H7N3O/c6-5(1-2-5)4-7-3-8-9-4/h3H,1-2,6H2. The van der Waals surface area contributed by atoms with E-state index in [0.29, 0.717) is 5.89 Å². The molecule has 1 aliphatic carbocycles. The minimum atomic E-state index is -0.267. The molecule has 0 aromatic carbocycles. The van der Waals surface area contributed by atoms with Crippen molar-refractivity contribution in [2.75, 3.05) is 0 Å². The molecule has 0 amide bonds. The Morgan fingerprint density at radius 1 is 1.67 bits per heavy atom. The fraction of sp³-hybridized carbons (Fsp3) is 0.600. The molecule has 0 aliphatic heterocycles. The third-order valence-electron chi connectivity index (χ3n) is 1.58. The Balaban J connectivity index is 2.34. The third-order valence-corrected chi connectivity index (χ3v) is 1.58. The van der Waals surface area contributed by atoms with Crippen molar-refractivity contribution in [2.24, 2.45) is 5.73 Å². The molecule has 1 aromatic heterocycles. The SMILES string of the molecule is NC1(c2ncno2)CC1. The lowest BCUT2D eigenvalue weighted by molar-refractivity contribution is 0.347. The molecule has 0 radical (unpaired) electrons. The van der Waals surface area contributed by atoms with E-state index in [-0.39, 0.29) is 5.54 Å². The van der Waals surface area contributed by atoms with Gasteiger partial charge in [0.1, 0.15) is 0 Å². The summed E-state index contributed by atoms with van der Waals surface area (Å²) in [5.74, 6) is 0.572. The van der Waals surface area contributed by atoms with Crippen LogP contribution in [0.5, 0.6) is 0 Å². The highest BCUT2D eigenvalue weighted by atomic mass is 16.5. The van der Waals surface area contributed by atoms with Gasteiger partial charge in [0.15, 0.2) is 6.33 Å². The lowest BCUT2D eigenvalue weighted by atomic mass is 10.3. The second kappa shape index (κ2) is 1.33. The van der Waals surface area contributed by atoms with E-state index in [2.05, 4.69) is 10.1 Å². The van der Waals surface area contributed by atoms with Crippen molar-refractivity contribution in [3.63, 3.8) is 0 Å². The molecule has 0 unspecified atom stereocenters. The quantitative estimate of drug-likeness (QED) is 0.574. The van der Waals surface area contributed by atoms with Crippen molar-refractivity contribution in [2.45, 2.75) is 18.4 Å². The number of rotatable bonds is 1. The van der Waals surface area contributed by atoms with Gasteiger partial charge in [-0.15, -0.1) is 0 Å². The minimum absolute atomic E-state index is 0.267. The zero-order valence-electron chi connectivity index (χ0n) is 4.87. The predicted octanol–water partition coefficient (Wildman–Crippen LogP) is 0.0174. The van der Waals surface area contributed by atoms with Crippen molar-refractivity contribution >= 4 is 0 Å². The summed E-state index contributed by atoms with van der Waals surface area (Å²) in [5, 5.41) is 3.46. The van der Waals surface area contributed by atoms with Crippen LogP contribution in [0.25, 0.3) is 0 Å². The molecule has 0 bridgehead atoms. The van der Waals surface area contributed by atoms with E-state index in [1.165, 1.54) is 6.33 Å². The van der Waals surface area contributed by atoms with Crippen LogP contribution < -0.4 is 5.73 Å². The second-order valence-electron chi connectivity index (χ2n) is 2.40. The smallest absolute Gasteiger partial charge is 0.246 e. The maximum absolute atomic E-state index is 5.72. The molecule has 1 heterocycles. The van der Waals surface area contributed by atoms with Gasteiger partial charge in [0.25, 0.3) is 0 Å². The summed E-state index contributed by atoms with van der Waals surface area (Å²) in [4.78, 5) is 3.85. The predicted molar refractivity (Wildman–Crippen MR) is 29.4 cm³/mol. The van der Waals surface area contributed by atoms with E-state index in [1.54, 1.807) is 0 Å². The number of aromatic nitrogens is 2. The van der Waals surface area contributed by atoms with E-state index in [4.69, 9.17) is 10.3 Å². The molecule has 4 nitrogen and oxygen atoms in total. The molecular weight excluding hydrogens is 118 g/mol. The van der Waals surface area contributed by atoms with Gasteiger partial charge < -0.3 is 10.3 Å². The summed E-state index contributed by atoms with van der Waals surface area (Å²) >= 11 is 0. The molecular formula is C5H7N3O. The Bertz CT molecular complexity index is 202. The second-order valence-corrected chi connectivity index (χ2v) is 2.40. The summed E-state index contributed by atoms with van der Waals surface area (Å²) in [5.41, 5.74) is 5.45. The highest BCUT2D eigenvalue weighted by molar-refractivity contribution is 5.09. The number of nitrogens with two attached hydrogens (primary N) is 1. The highest BCUT2D eigenvalue weighted by Crippen LogP contribution is 2.41. The molecule has 0 saturated heterocycles. The minimum Gasteiger partial charge on any atom is -0.338 e. The van der Waals surface area contributed by atoms with Crippen molar-refractivity contribution in [3.05, 3.63) is 12.2 Å². The van der Waals surface area contributed by atoms with Crippen molar-refractivity contribution in [1.29, 1.82) is 0 Å². The average molecular weight is 125 g/mol. The Kier molecular flexibility index (Phi) is 0.728. The molecule has 2 rings (SSSR count). The van der Waals surface area contributed by atoms with Gasteiger partial charge in [-0.3, -0.25) is 0 Å². The van der Waals surface area contributed by atoms with Crippen LogP contribution in [0.4, 0.5) is 0 Å². The molecule has 1 aliphatic rings. The van der Waals surface area contributed by atoms with E-state index >= 15 is 0 Å². The van der Waals surface area contributed by atoms with Crippen molar-refractivity contribution in [1.82, 2.24) is 10.1 Å². The molecule has 1 aromatic rings. The molecule has 9 heavy (non-hydrogen) atoms. The maximum Gasteiger partial charge on any atom is 0.246 e. The fourth-order valence-electron chi connectivity index (χ4n) is 0.741. The lowest BCUT2D eigenvalue weighted by Gasteiger charge is -1.96. The monoisotopic (exact) mass is 125 g/mol. The first-order valence-corrected chi connectivity index (χ1v) is 2.87.